The third-order valence-electron chi connectivity index (χ3n) is 4.91. The Kier molecular flexibility index (Phi) is 6.97. The smallest absolute Gasteiger partial charge is 0.314 e. The number of pyridine rings is 1. The number of H-pyrrole nitrogens is 1. The van der Waals surface area contributed by atoms with Gasteiger partial charge in [0.2, 0.25) is 0 Å². The second-order valence-electron chi connectivity index (χ2n) is 7.03. The van der Waals surface area contributed by atoms with E-state index >= 15 is 0 Å². The minimum absolute atomic E-state index is 0.109. The lowest BCUT2D eigenvalue weighted by Crippen LogP contribution is -2.45. The van der Waals surface area contributed by atoms with Gasteiger partial charge in [-0.2, -0.15) is 5.10 Å². The van der Waals surface area contributed by atoms with Crippen molar-refractivity contribution in [3.05, 3.63) is 49.4 Å². The highest BCUT2D eigenvalue weighted by atomic mass is 16.5. The molecule has 1 aliphatic heterocycles. The Morgan fingerprint density at radius 2 is 2.20 bits per heavy atom. The van der Waals surface area contributed by atoms with E-state index in [4.69, 9.17) is 10.5 Å². The van der Waals surface area contributed by atoms with E-state index in [1.807, 2.05) is 0 Å². The van der Waals surface area contributed by atoms with Gasteiger partial charge in [0.05, 0.1) is 35.1 Å². The van der Waals surface area contributed by atoms with E-state index in [0.29, 0.717) is 29.7 Å². The molecule has 9 heteroatoms. The van der Waals surface area contributed by atoms with Crippen molar-refractivity contribution in [1.29, 1.82) is 0 Å². The average molecular weight is 410 g/mol. The van der Waals surface area contributed by atoms with Gasteiger partial charge in [-0.25, -0.2) is 4.98 Å². The van der Waals surface area contributed by atoms with Crippen LogP contribution in [0.2, 0.25) is 0 Å². The van der Waals surface area contributed by atoms with Crippen LogP contribution in [0.1, 0.15) is 19.3 Å². The van der Waals surface area contributed by atoms with Crippen molar-refractivity contribution in [2.24, 2.45) is 0 Å². The Labute approximate surface area is 174 Å². The van der Waals surface area contributed by atoms with Crippen LogP contribution in [0.4, 0.5) is 11.5 Å². The summed E-state index contributed by atoms with van der Waals surface area (Å²) in [6.45, 7) is 8.65. The number of hydrogen-bond donors (Lipinski definition) is 3. The number of nitrogen functional groups attached to an aromatic ring is 1. The van der Waals surface area contributed by atoms with E-state index in [2.05, 4.69) is 33.7 Å². The van der Waals surface area contributed by atoms with Gasteiger partial charge in [0.1, 0.15) is 5.82 Å². The molecular weight excluding hydrogens is 384 g/mol. The van der Waals surface area contributed by atoms with Gasteiger partial charge in [0.15, 0.2) is 0 Å². The van der Waals surface area contributed by atoms with Crippen LogP contribution in [0.5, 0.6) is 0 Å². The maximum atomic E-state index is 13.0. The molecule has 0 spiro atoms. The van der Waals surface area contributed by atoms with Crippen LogP contribution in [0.15, 0.2) is 49.4 Å². The molecule has 2 aromatic rings. The van der Waals surface area contributed by atoms with Gasteiger partial charge < -0.3 is 20.7 Å². The zero-order valence-electron chi connectivity index (χ0n) is 16.8. The standard InChI is InChI=1S/C21H26N6O3/c1-3-7-14(4-2)12-27(13-15-8-5-6-9-30-15)21(29)20(28)25-17-11-23-19(22)16-10-24-26-18(16)17/h3-4,7,10-11,15H,1-2,5-6,8-9,12-13H2,(H2,22,23)(H,24,26)(H,25,28)/b14-7+. The van der Waals surface area contributed by atoms with Crippen molar-refractivity contribution in [3.8, 4) is 0 Å². The number of nitrogens with zero attached hydrogens (tertiary/aromatic N) is 3. The molecule has 9 nitrogen and oxygen atoms in total. The first-order chi connectivity index (χ1) is 14.5. The topological polar surface area (TPSA) is 126 Å². The fourth-order valence-corrected chi connectivity index (χ4v) is 3.34. The SMILES string of the molecule is C=C/C=C(\C=C)CN(CC1CCCCO1)C(=O)C(=O)Nc1cnc(N)c2cn[nH]c12. The molecule has 2 amide bonds. The highest BCUT2D eigenvalue weighted by Gasteiger charge is 2.27. The van der Waals surface area contributed by atoms with Crippen LogP contribution in [0, 0.1) is 0 Å². The third kappa shape index (κ3) is 4.93. The van der Waals surface area contributed by atoms with Gasteiger partial charge >= 0.3 is 11.8 Å². The lowest BCUT2D eigenvalue weighted by molar-refractivity contribution is -0.144. The number of rotatable bonds is 7. The predicted octanol–water partition coefficient (Wildman–Crippen LogP) is 2.17. The third-order valence-corrected chi connectivity index (χ3v) is 4.91. The fraction of sp³-hybridized carbons (Fsp3) is 0.333. The highest BCUT2D eigenvalue weighted by molar-refractivity contribution is 6.40. The quantitative estimate of drug-likeness (QED) is 0.474. The Morgan fingerprint density at radius 3 is 2.90 bits per heavy atom. The van der Waals surface area contributed by atoms with E-state index in [1.54, 1.807) is 18.2 Å². The van der Waals surface area contributed by atoms with Crippen LogP contribution in [0.3, 0.4) is 0 Å². The molecule has 30 heavy (non-hydrogen) atoms. The monoisotopic (exact) mass is 410 g/mol. The molecule has 0 radical (unpaired) electrons. The van der Waals surface area contributed by atoms with E-state index in [1.165, 1.54) is 17.3 Å². The van der Waals surface area contributed by atoms with Crippen molar-refractivity contribution in [1.82, 2.24) is 20.1 Å². The van der Waals surface area contributed by atoms with Gasteiger partial charge in [-0.15, -0.1) is 0 Å². The van der Waals surface area contributed by atoms with E-state index in [0.717, 1.165) is 24.8 Å². The Hall–Kier alpha value is -3.46. The Bertz CT molecular complexity index is 974. The second-order valence-corrected chi connectivity index (χ2v) is 7.03. The molecule has 1 saturated heterocycles. The number of carbonyl (C=O) groups is 2. The van der Waals surface area contributed by atoms with Crippen LogP contribution in [-0.4, -0.2) is 57.7 Å². The van der Waals surface area contributed by atoms with Crippen LogP contribution >= 0.6 is 0 Å². The number of aromatic amines is 1. The van der Waals surface area contributed by atoms with Crippen LogP contribution in [0.25, 0.3) is 10.9 Å². The summed E-state index contributed by atoms with van der Waals surface area (Å²) in [7, 11) is 0. The predicted molar refractivity (Wildman–Crippen MR) is 116 cm³/mol. The number of anilines is 2. The van der Waals surface area contributed by atoms with Gasteiger partial charge in [0.25, 0.3) is 0 Å². The summed E-state index contributed by atoms with van der Waals surface area (Å²) in [6, 6.07) is 0. The van der Waals surface area contributed by atoms with Crippen molar-refractivity contribution in [3.63, 3.8) is 0 Å². The summed E-state index contributed by atoms with van der Waals surface area (Å²) in [5.41, 5.74) is 7.42. The normalized spacial score (nSPS) is 16.8. The van der Waals surface area contributed by atoms with Crippen LogP contribution in [-0.2, 0) is 14.3 Å². The maximum absolute atomic E-state index is 13.0. The number of allylic oxidation sites excluding steroid dienone is 2. The molecule has 1 fully saturated rings. The molecule has 3 rings (SSSR count). The lowest BCUT2D eigenvalue weighted by atomic mass is 10.1. The number of nitrogens with one attached hydrogen (secondary N) is 2. The molecule has 0 saturated carbocycles. The number of carbonyl (C=O) groups excluding carboxylic acids is 2. The number of aromatic nitrogens is 3. The summed E-state index contributed by atoms with van der Waals surface area (Å²) in [4.78, 5) is 31.3. The molecule has 0 aliphatic carbocycles. The summed E-state index contributed by atoms with van der Waals surface area (Å²) >= 11 is 0. The molecule has 3 heterocycles. The number of hydrogen-bond acceptors (Lipinski definition) is 6. The molecule has 1 aliphatic rings. The number of ether oxygens (including phenoxy) is 1. The Morgan fingerprint density at radius 1 is 1.37 bits per heavy atom. The van der Waals surface area contributed by atoms with Crippen molar-refractivity contribution in [2.45, 2.75) is 25.4 Å². The van der Waals surface area contributed by atoms with Crippen molar-refractivity contribution < 1.29 is 14.3 Å². The molecule has 0 bridgehead atoms. The molecule has 158 valence electrons. The highest BCUT2D eigenvalue weighted by Crippen LogP contribution is 2.24. The molecule has 1 unspecified atom stereocenters. The van der Waals surface area contributed by atoms with Crippen molar-refractivity contribution >= 4 is 34.2 Å². The molecule has 0 aromatic carbocycles. The van der Waals surface area contributed by atoms with Crippen LogP contribution < -0.4 is 11.1 Å². The van der Waals surface area contributed by atoms with Crippen molar-refractivity contribution in [2.75, 3.05) is 30.7 Å². The summed E-state index contributed by atoms with van der Waals surface area (Å²) in [5.74, 6) is -1.18. The number of fused-ring (bicyclic) bond motifs is 1. The van der Waals surface area contributed by atoms with E-state index < -0.39 is 11.8 Å². The number of nitrogens with two attached hydrogens (primary N) is 1. The zero-order chi connectivity index (χ0) is 21.5. The van der Waals surface area contributed by atoms with E-state index in [9.17, 15) is 9.59 Å². The molecular formula is C21H26N6O3. The van der Waals surface area contributed by atoms with E-state index in [-0.39, 0.29) is 18.5 Å². The minimum Gasteiger partial charge on any atom is -0.383 e. The molecule has 4 N–H and O–H groups in total. The summed E-state index contributed by atoms with van der Waals surface area (Å²) in [5, 5.41) is 9.86. The summed E-state index contributed by atoms with van der Waals surface area (Å²) < 4.78 is 5.76. The van der Waals surface area contributed by atoms with Gasteiger partial charge in [0, 0.05) is 19.7 Å². The second kappa shape index (κ2) is 9.84. The largest absolute Gasteiger partial charge is 0.383 e. The average Bonchev–Trinajstić information content (AvgIpc) is 3.26. The molecule has 1 atom stereocenters. The van der Waals surface area contributed by atoms with Gasteiger partial charge in [-0.1, -0.05) is 31.4 Å². The van der Waals surface area contributed by atoms with Gasteiger partial charge in [-0.3, -0.25) is 14.7 Å². The minimum atomic E-state index is -0.782. The first-order valence-electron chi connectivity index (χ1n) is 9.77. The first-order valence-corrected chi connectivity index (χ1v) is 9.77. The molecule has 2 aromatic heterocycles. The maximum Gasteiger partial charge on any atom is 0.314 e. The fourth-order valence-electron chi connectivity index (χ4n) is 3.34. The van der Waals surface area contributed by atoms with Gasteiger partial charge in [-0.05, 0) is 24.8 Å². The Balaban J connectivity index is 1.79. The number of amides is 2. The zero-order valence-corrected chi connectivity index (χ0v) is 16.8. The summed E-state index contributed by atoms with van der Waals surface area (Å²) in [6.07, 6.45) is 10.7. The first kappa shape index (κ1) is 21.3. The lowest BCUT2D eigenvalue weighted by Gasteiger charge is -2.30.